The number of hydrogen-bond acceptors (Lipinski definition) is 4. The lowest BCUT2D eigenvalue weighted by molar-refractivity contribution is -0.0328. The highest BCUT2D eigenvalue weighted by atomic mass is 32.2. The fourth-order valence-electron chi connectivity index (χ4n) is 1.47. The van der Waals surface area contributed by atoms with Gasteiger partial charge in [0.15, 0.2) is 5.82 Å². The van der Waals surface area contributed by atoms with Crippen LogP contribution in [0, 0.1) is 0 Å². The van der Waals surface area contributed by atoms with Gasteiger partial charge in [0.25, 0.3) is 0 Å². The van der Waals surface area contributed by atoms with Crippen LogP contribution in [0.2, 0.25) is 0 Å². The molecular weight excluding hydrogens is 277 g/mol. The first kappa shape index (κ1) is 13.7. The molecule has 0 aliphatic rings. The zero-order valence-corrected chi connectivity index (χ0v) is 10.6. The van der Waals surface area contributed by atoms with Gasteiger partial charge in [-0.2, -0.15) is 18.3 Å². The van der Waals surface area contributed by atoms with Gasteiger partial charge in [-0.05, 0) is 23.9 Å². The maximum atomic E-state index is 12.0. The molecule has 1 aromatic heterocycles. The normalized spacial score (nSPS) is 11.7. The molecule has 0 radical (unpaired) electrons. The zero-order valence-electron chi connectivity index (χ0n) is 9.76. The van der Waals surface area contributed by atoms with Gasteiger partial charge in [0.2, 0.25) is 0 Å². The first-order chi connectivity index (χ1) is 8.94. The molecule has 0 amide bonds. The highest BCUT2D eigenvalue weighted by Gasteiger charge is 2.27. The zero-order chi connectivity index (χ0) is 13.9. The van der Waals surface area contributed by atoms with Crippen LogP contribution in [0.15, 0.2) is 30.6 Å². The van der Waals surface area contributed by atoms with Crippen molar-refractivity contribution >= 4 is 17.4 Å². The number of aryl methyl sites for hydroxylation is 1. The van der Waals surface area contributed by atoms with Gasteiger partial charge in [0.1, 0.15) is 6.33 Å². The number of nitrogens with zero attached hydrogens (tertiary/aromatic N) is 3. The average molecular weight is 288 g/mol. The minimum Gasteiger partial charge on any atom is -0.399 e. The summed E-state index contributed by atoms with van der Waals surface area (Å²) in [6, 6.07) is 7.01. The van der Waals surface area contributed by atoms with Crippen LogP contribution in [-0.4, -0.2) is 26.0 Å². The maximum absolute atomic E-state index is 12.0. The molecule has 0 aliphatic carbocycles. The van der Waals surface area contributed by atoms with Gasteiger partial charge in [-0.3, -0.25) is 4.68 Å². The van der Waals surface area contributed by atoms with E-state index in [4.69, 9.17) is 5.73 Å². The van der Waals surface area contributed by atoms with Gasteiger partial charge in [0.05, 0.1) is 6.54 Å². The third-order valence-electron chi connectivity index (χ3n) is 2.27. The number of nitrogen functional groups attached to an aromatic ring is 1. The van der Waals surface area contributed by atoms with E-state index < -0.39 is 5.51 Å². The summed E-state index contributed by atoms with van der Waals surface area (Å²) in [5, 5.41) is 4.11. The summed E-state index contributed by atoms with van der Waals surface area (Å²) in [5.74, 6) is 0.354. The summed E-state index contributed by atoms with van der Waals surface area (Å²) >= 11 is -0.0727. The number of thioether (sulfide) groups is 1. The highest BCUT2D eigenvalue weighted by Crippen LogP contribution is 2.30. The minimum absolute atomic E-state index is 0.0727. The molecule has 0 spiro atoms. The molecule has 0 fully saturated rings. The number of halogens is 3. The molecule has 0 saturated carbocycles. The van der Waals surface area contributed by atoms with E-state index in [1.54, 1.807) is 24.3 Å². The molecule has 1 heterocycles. The van der Waals surface area contributed by atoms with Crippen molar-refractivity contribution in [3.63, 3.8) is 0 Å². The SMILES string of the molecule is Nc1cccc(-c2ncn(CCSC(F)(F)F)n2)c1. The molecule has 4 nitrogen and oxygen atoms in total. The van der Waals surface area contributed by atoms with E-state index >= 15 is 0 Å². The van der Waals surface area contributed by atoms with Crippen LogP contribution in [0.3, 0.4) is 0 Å². The molecule has 1 aromatic carbocycles. The first-order valence-electron chi connectivity index (χ1n) is 5.40. The van der Waals surface area contributed by atoms with Crippen molar-refractivity contribution in [2.24, 2.45) is 0 Å². The van der Waals surface area contributed by atoms with Crippen molar-refractivity contribution in [1.82, 2.24) is 14.8 Å². The summed E-state index contributed by atoms with van der Waals surface area (Å²) in [7, 11) is 0. The lowest BCUT2D eigenvalue weighted by Crippen LogP contribution is -2.07. The molecule has 0 unspecified atom stereocenters. The predicted molar refractivity (Wildman–Crippen MR) is 68.4 cm³/mol. The van der Waals surface area contributed by atoms with E-state index in [9.17, 15) is 13.2 Å². The molecule has 0 atom stereocenters. The number of alkyl halides is 3. The van der Waals surface area contributed by atoms with Gasteiger partial charge in [-0.15, -0.1) is 0 Å². The Morgan fingerprint density at radius 1 is 1.32 bits per heavy atom. The van der Waals surface area contributed by atoms with Crippen molar-refractivity contribution in [2.45, 2.75) is 12.1 Å². The molecule has 19 heavy (non-hydrogen) atoms. The van der Waals surface area contributed by atoms with E-state index in [2.05, 4.69) is 10.1 Å². The number of rotatable bonds is 4. The van der Waals surface area contributed by atoms with Crippen molar-refractivity contribution in [1.29, 1.82) is 0 Å². The highest BCUT2D eigenvalue weighted by molar-refractivity contribution is 8.00. The quantitative estimate of drug-likeness (QED) is 0.879. The standard InChI is InChI=1S/C11H11F3N4S/c12-11(13,14)19-5-4-18-7-16-10(17-18)8-2-1-3-9(15)6-8/h1-3,6-7H,4-5,15H2. The average Bonchev–Trinajstić information content (AvgIpc) is 2.76. The van der Waals surface area contributed by atoms with Gasteiger partial charge in [-0.1, -0.05) is 12.1 Å². The molecule has 2 aromatic rings. The molecular formula is C11H11F3N4S. The van der Waals surface area contributed by atoms with E-state index in [0.717, 1.165) is 5.56 Å². The van der Waals surface area contributed by atoms with Crippen LogP contribution in [0.1, 0.15) is 0 Å². The lowest BCUT2D eigenvalue weighted by Gasteiger charge is -2.04. The molecule has 0 aliphatic heterocycles. The molecule has 102 valence electrons. The summed E-state index contributed by atoms with van der Waals surface area (Å²) in [6.07, 6.45) is 1.41. The van der Waals surface area contributed by atoms with Crippen LogP contribution >= 0.6 is 11.8 Å². The fourth-order valence-corrected chi connectivity index (χ4v) is 1.98. The van der Waals surface area contributed by atoms with Crippen LogP contribution in [0.4, 0.5) is 18.9 Å². The topological polar surface area (TPSA) is 56.7 Å². The second-order valence-electron chi connectivity index (χ2n) is 3.75. The first-order valence-corrected chi connectivity index (χ1v) is 6.39. The third-order valence-corrected chi connectivity index (χ3v) is 2.98. The Labute approximate surface area is 111 Å². The Morgan fingerprint density at radius 3 is 2.79 bits per heavy atom. The van der Waals surface area contributed by atoms with Crippen molar-refractivity contribution in [3.05, 3.63) is 30.6 Å². The van der Waals surface area contributed by atoms with Crippen LogP contribution in [0.5, 0.6) is 0 Å². The fraction of sp³-hybridized carbons (Fsp3) is 0.273. The maximum Gasteiger partial charge on any atom is 0.441 e. The molecule has 0 saturated heterocycles. The van der Waals surface area contributed by atoms with Gasteiger partial charge in [0, 0.05) is 17.0 Å². The Hall–Kier alpha value is -1.70. The second kappa shape index (κ2) is 5.52. The van der Waals surface area contributed by atoms with Crippen molar-refractivity contribution in [2.75, 3.05) is 11.5 Å². The van der Waals surface area contributed by atoms with E-state index in [-0.39, 0.29) is 24.1 Å². The summed E-state index contributed by atoms with van der Waals surface area (Å²) in [4.78, 5) is 4.05. The molecule has 2 N–H and O–H groups in total. The summed E-state index contributed by atoms with van der Waals surface area (Å²) in [5.41, 5.74) is 2.75. The predicted octanol–water partition coefficient (Wildman–Crippen LogP) is 2.78. The van der Waals surface area contributed by atoms with Gasteiger partial charge in [-0.25, -0.2) is 4.98 Å². The Kier molecular flexibility index (Phi) is 3.98. The van der Waals surface area contributed by atoms with Crippen LogP contribution in [-0.2, 0) is 6.54 Å². The smallest absolute Gasteiger partial charge is 0.399 e. The monoisotopic (exact) mass is 288 g/mol. The summed E-state index contributed by atoms with van der Waals surface area (Å²) < 4.78 is 37.3. The second-order valence-corrected chi connectivity index (χ2v) is 4.91. The number of aromatic nitrogens is 3. The van der Waals surface area contributed by atoms with E-state index in [0.29, 0.717) is 11.5 Å². The van der Waals surface area contributed by atoms with Crippen LogP contribution < -0.4 is 5.73 Å². The van der Waals surface area contributed by atoms with E-state index in [1.165, 1.54) is 11.0 Å². The molecule has 2 rings (SSSR count). The molecule has 8 heteroatoms. The number of benzene rings is 1. The largest absolute Gasteiger partial charge is 0.441 e. The van der Waals surface area contributed by atoms with Crippen LogP contribution in [0.25, 0.3) is 11.4 Å². The van der Waals surface area contributed by atoms with Gasteiger partial charge < -0.3 is 5.73 Å². The number of hydrogen-bond donors (Lipinski definition) is 1. The number of anilines is 1. The van der Waals surface area contributed by atoms with E-state index in [1.807, 2.05) is 0 Å². The Morgan fingerprint density at radius 2 is 2.11 bits per heavy atom. The van der Waals surface area contributed by atoms with Crippen molar-refractivity contribution in [3.8, 4) is 11.4 Å². The number of nitrogens with two attached hydrogens (primary N) is 1. The Balaban J connectivity index is 1.99. The summed E-state index contributed by atoms with van der Waals surface area (Å²) in [6.45, 7) is 0.152. The third kappa shape index (κ3) is 4.16. The lowest BCUT2D eigenvalue weighted by atomic mass is 10.2. The minimum atomic E-state index is -4.21. The van der Waals surface area contributed by atoms with Crippen molar-refractivity contribution < 1.29 is 13.2 Å². The van der Waals surface area contributed by atoms with Gasteiger partial charge >= 0.3 is 5.51 Å². The molecule has 0 bridgehead atoms. The Bertz CT molecular complexity index is 553.